The number of hydrogen-bond donors (Lipinski definition) is 1. The Bertz CT molecular complexity index is 1060. The number of rotatable bonds is 10. The van der Waals surface area contributed by atoms with E-state index in [1.807, 2.05) is 37.3 Å². The lowest BCUT2D eigenvalue weighted by Gasteiger charge is -2.06. The van der Waals surface area contributed by atoms with Gasteiger partial charge in [-0.2, -0.15) is 0 Å². The van der Waals surface area contributed by atoms with Gasteiger partial charge >= 0.3 is 6.09 Å². The Hall–Kier alpha value is -3.41. The maximum absolute atomic E-state index is 11.5. The Morgan fingerprint density at radius 3 is 2.28 bits per heavy atom. The third-order valence-electron chi connectivity index (χ3n) is 5.79. The lowest BCUT2D eigenvalue weighted by molar-refractivity contribution is -0.123. The molecule has 1 unspecified atom stereocenters. The number of nitrogens with one attached hydrogen (secondary N) is 1. The molecule has 0 bridgehead atoms. The fourth-order valence-corrected chi connectivity index (χ4v) is 3.92. The molecule has 3 aromatic rings. The van der Waals surface area contributed by atoms with Gasteiger partial charge < -0.3 is 9.15 Å². The van der Waals surface area contributed by atoms with Crippen molar-refractivity contribution in [1.29, 1.82) is 0 Å². The summed E-state index contributed by atoms with van der Waals surface area (Å²) in [5, 5.41) is 2.16. The van der Waals surface area contributed by atoms with Gasteiger partial charge in [0.05, 0.1) is 5.69 Å². The van der Waals surface area contributed by atoms with Crippen molar-refractivity contribution in [1.82, 2.24) is 10.3 Å². The van der Waals surface area contributed by atoms with Gasteiger partial charge in [0.1, 0.15) is 5.76 Å². The van der Waals surface area contributed by atoms with E-state index in [9.17, 15) is 9.59 Å². The molecule has 0 spiro atoms. The van der Waals surface area contributed by atoms with Crippen LogP contribution in [0.1, 0.15) is 48.3 Å². The first-order valence-electron chi connectivity index (χ1n) is 11.2. The van der Waals surface area contributed by atoms with Crippen LogP contribution in [0.2, 0.25) is 0 Å². The summed E-state index contributed by atoms with van der Waals surface area (Å²) in [6.45, 7) is 1.97. The SMILES string of the molecule is Cc1oc(-c2ccccc2)nc1CCc1ccc(CCCCCC2OC(=O)NC2=O)cc1. The van der Waals surface area contributed by atoms with E-state index < -0.39 is 12.2 Å². The van der Waals surface area contributed by atoms with Gasteiger partial charge in [-0.15, -0.1) is 0 Å². The summed E-state index contributed by atoms with van der Waals surface area (Å²) < 4.78 is 10.8. The molecular weight excluding hydrogens is 404 g/mol. The van der Waals surface area contributed by atoms with Crippen LogP contribution in [0, 0.1) is 6.92 Å². The Labute approximate surface area is 188 Å². The fourth-order valence-electron chi connectivity index (χ4n) is 3.92. The van der Waals surface area contributed by atoms with Gasteiger partial charge in [0.2, 0.25) is 5.89 Å². The Balaban J connectivity index is 1.19. The zero-order valence-electron chi connectivity index (χ0n) is 18.3. The number of aromatic nitrogens is 1. The van der Waals surface area contributed by atoms with E-state index in [-0.39, 0.29) is 5.91 Å². The third-order valence-corrected chi connectivity index (χ3v) is 5.79. The van der Waals surface area contributed by atoms with Crippen LogP contribution in [0.15, 0.2) is 59.0 Å². The molecule has 32 heavy (non-hydrogen) atoms. The van der Waals surface area contributed by atoms with E-state index in [1.54, 1.807) is 0 Å². The maximum atomic E-state index is 11.5. The highest BCUT2D eigenvalue weighted by molar-refractivity contribution is 5.99. The molecule has 0 saturated carbocycles. The lowest BCUT2D eigenvalue weighted by atomic mass is 10.0. The van der Waals surface area contributed by atoms with E-state index >= 15 is 0 Å². The number of imide groups is 1. The molecule has 1 aliphatic heterocycles. The van der Waals surface area contributed by atoms with E-state index in [0.29, 0.717) is 12.3 Å². The van der Waals surface area contributed by atoms with Gasteiger partial charge in [-0.05, 0) is 68.7 Å². The molecule has 1 fully saturated rings. The molecule has 1 saturated heterocycles. The highest BCUT2D eigenvalue weighted by atomic mass is 16.6. The first-order valence-corrected chi connectivity index (χ1v) is 11.2. The van der Waals surface area contributed by atoms with E-state index in [2.05, 4.69) is 34.6 Å². The number of cyclic esters (lactones) is 1. The number of carbonyl (C=O) groups excluding carboxylic acids is 2. The molecule has 6 nitrogen and oxygen atoms in total. The second-order valence-electron chi connectivity index (χ2n) is 8.19. The van der Waals surface area contributed by atoms with Crippen molar-refractivity contribution in [2.75, 3.05) is 0 Å². The van der Waals surface area contributed by atoms with Gasteiger partial charge in [0, 0.05) is 5.56 Å². The van der Waals surface area contributed by atoms with E-state index in [4.69, 9.17) is 9.15 Å². The highest BCUT2D eigenvalue weighted by Crippen LogP contribution is 2.22. The van der Waals surface area contributed by atoms with Crippen molar-refractivity contribution in [3.8, 4) is 11.5 Å². The standard InChI is InChI=1S/C26H28N2O4/c1-18-22(27-25(31-18)21-9-5-3-6-10-21)17-16-20-14-12-19(13-15-20)8-4-2-7-11-23-24(29)28-26(30)32-23/h3,5-6,9-10,12-15,23H,2,4,7-8,11,16-17H2,1H3,(H,28,29,30). The zero-order chi connectivity index (χ0) is 22.3. The molecule has 6 heteroatoms. The van der Waals surface area contributed by atoms with Crippen LogP contribution in [-0.4, -0.2) is 23.1 Å². The largest absolute Gasteiger partial charge is 0.441 e. The monoisotopic (exact) mass is 432 g/mol. The van der Waals surface area contributed by atoms with Gasteiger partial charge in [-0.1, -0.05) is 48.9 Å². The quantitative estimate of drug-likeness (QED) is 0.447. The fraction of sp³-hybridized carbons (Fsp3) is 0.346. The van der Waals surface area contributed by atoms with Crippen molar-refractivity contribution in [2.45, 2.75) is 58.0 Å². The molecule has 0 radical (unpaired) electrons. The van der Waals surface area contributed by atoms with Crippen molar-refractivity contribution < 1.29 is 18.7 Å². The molecule has 4 rings (SSSR count). The molecule has 1 aliphatic rings. The van der Waals surface area contributed by atoms with Crippen molar-refractivity contribution in [3.05, 3.63) is 77.2 Å². The molecule has 2 amide bonds. The number of aryl methyl sites for hydroxylation is 4. The first-order chi connectivity index (χ1) is 15.6. The number of oxazole rings is 1. The van der Waals surface area contributed by atoms with Crippen molar-refractivity contribution in [2.24, 2.45) is 0 Å². The average Bonchev–Trinajstić information content (AvgIpc) is 3.34. The van der Waals surface area contributed by atoms with Crippen LogP contribution in [0.25, 0.3) is 11.5 Å². The van der Waals surface area contributed by atoms with Crippen molar-refractivity contribution in [3.63, 3.8) is 0 Å². The Kier molecular flexibility index (Phi) is 7.00. The second kappa shape index (κ2) is 10.3. The highest BCUT2D eigenvalue weighted by Gasteiger charge is 2.31. The van der Waals surface area contributed by atoms with Gasteiger partial charge in [-0.3, -0.25) is 10.1 Å². The third kappa shape index (κ3) is 5.63. The molecule has 0 aliphatic carbocycles. The van der Waals surface area contributed by atoms with E-state index in [0.717, 1.165) is 55.5 Å². The Morgan fingerprint density at radius 1 is 0.875 bits per heavy atom. The number of amides is 2. The predicted octanol–water partition coefficient (Wildman–Crippen LogP) is 5.17. The van der Waals surface area contributed by atoms with Gasteiger partial charge in [-0.25, -0.2) is 9.78 Å². The maximum Gasteiger partial charge on any atom is 0.414 e. The average molecular weight is 433 g/mol. The van der Waals surface area contributed by atoms with Crippen LogP contribution < -0.4 is 5.32 Å². The Morgan fingerprint density at radius 2 is 1.59 bits per heavy atom. The molecule has 1 N–H and O–H groups in total. The first kappa shape index (κ1) is 21.8. The number of hydrogen-bond acceptors (Lipinski definition) is 5. The van der Waals surface area contributed by atoms with Gasteiger partial charge in [0.25, 0.3) is 5.91 Å². The minimum absolute atomic E-state index is 0.317. The summed E-state index contributed by atoms with van der Waals surface area (Å²) in [4.78, 5) is 27.2. The van der Waals surface area contributed by atoms with Crippen molar-refractivity contribution >= 4 is 12.0 Å². The number of alkyl carbamates (subject to hydrolysis) is 1. The molecule has 2 heterocycles. The molecular formula is C26H28N2O4. The summed E-state index contributed by atoms with van der Waals surface area (Å²) in [6, 6.07) is 18.7. The number of unbranched alkanes of at least 4 members (excludes halogenated alkanes) is 2. The zero-order valence-corrected chi connectivity index (χ0v) is 18.3. The molecule has 1 aromatic heterocycles. The van der Waals surface area contributed by atoms with Gasteiger partial charge in [0.15, 0.2) is 6.10 Å². The predicted molar refractivity (Wildman–Crippen MR) is 121 cm³/mol. The number of nitrogens with zero attached hydrogens (tertiary/aromatic N) is 1. The normalized spacial score (nSPS) is 15.6. The lowest BCUT2D eigenvalue weighted by Crippen LogP contribution is -2.24. The number of carbonyl (C=O) groups is 2. The molecule has 1 atom stereocenters. The van der Waals surface area contributed by atoms with Crippen LogP contribution >= 0.6 is 0 Å². The van der Waals surface area contributed by atoms with Crippen LogP contribution in [0.5, 0.6) is 0 Å². The second-order valence-corrected chi connectivity index (χ2v) is 8.19. The molecule has 2 aromatic carbocycles. The van der Waals surface area contributed by atoms with E-state index in [1.165, 1.54) is 11.1 Å². The number of ether oxygens (including phenoxy) is 1. The minimum atomic E-state index is -0.629. The number of benzene rings is 2. The van der Waals surface area contributed by atoms with Crippen LogP contribution in [0.3, 0.4) is 0 Å². The summed E-state index contributed by atoms with van der Waals surface area (Å²) in [5.41, 5.74) is 4.60. The summed E-state index contributed by atoms with van der Waals surface area (Å²) in [7, 11) is 0. The summed E-state index contributed by atoms with van der Waals surface area (Å²) >= 11 is 0. The van der Waals surface area contributed by atoms with Crippen LogP contribution in [0.4, 0.5) is 4.79 Å². The molecule has 166 valence electrons. The van der Waals surface area contributed by atoms with Crippen LogP contribution in [-0.2, 0) is 28.8 Å². The summed E-state index contributed by atoms with van der Waals surface area (Å²) in [6.07, 6.45) is 5.02. The smallest absolute Gasteiger partial charge is 0.414 e. The minimum Gasteiger partial charge on any atom is -0.441 e. The summed E-state index contributed by atoms with van der Waals surface area (Å²) in [5.74, 6) is 1.24. The topological polar surface area (TPSA) is 81.4 Å².